The van der Waals surface area contributed by atoms with Crippen molar-refractivity contribution in [2.75, 3.05) is 46.4 Å². The second-order valence-corrected chi connectivity index (χ2v) is 16.1. The number of aryl methyl sites for hydroxylation is 3. The number of nitrogens with zero attached hydrogens (tertiary/aromatic N) is 4. The minimum Gasteiger partial charge on any atom is -0.492 e. The summed E-state index contributed by atoms with van der Waals surface area (Å²) in [5.74, 6) is -2.13. The Kier molecular flexibility index (Phi) is 18.5. The highest BCUT2D eigenvalue weighted by Gasteiger charge is 2.36. The number of ether oxygens (including phenoxy) is 3. The molecule has 4 aromatic rings. The van der Waals surface area contributed by atoms with E-state index in [1.54, 1.807) is 50.2 Å². The van der Waals surface area contributed by atoms with Crippen molar-refractivity contribution in [3.05, 3.63) is 94.3 Å². The summed E-state index contributed by atoms with van der Waals surface area (Å²) in [6.45, 7) is 7.17. The van der Waals surface area contributed by atoms with Crippen LogP contribution in [-0.2, 0) is 32.0 Å². The number of nitrogens with two attached hydrogens (primary N) is 3. The largest absolute Gasteiger partial charge is 0.492 e. The first-order valence-corrected chi connectivity index (χ1v) is 22.3. The normalized spacial score (nSPS) is 16.3. The predicted octanol–water partition coefficient (Wildman–Crippen LogP) is 2.40. The van der Waals surface area contributed by atoms with Crippen molar-refractivity contribution in [2.24, 2.45) is 17.2 Å². The maximum Gasteiger partial charge on any atom is 0.322 e. The first-order chi connectivity index (χ1) is 32.2. The number of rotatable bonds is 19. The number of carbonyl (C=O) groups excluding carboxylic acids is 5. The van der Waals surface area contributed by atoms with E-state index in [0.29, 0.717) is 50.9 Å². The van der Waals surface area contributed by atoms with Gasteiger partial charge in [0.1, 0.15) is 61.2 Å². The van der Waals surface area contributed by atoms with Gasteiger partial charge in [-0.25, -0.2) is 0 Å². The minimum atomic E-state index is -1.42. The van der Waals surface area contributed by atoms with Crippen LogP contribution in [-0.4, -0.2) is 109 Å². The van der Waals surface area contributed by atoms with Crippen molar-refractivity contribution < 1.29 is 38.2 Å². The van der Waals surface area contributed by atoms with Gasteiger partial charge >= 0.3 is 6.01 Å². The Labute approximate surface area is 390 Å². The third kappa shape index (κ3) is 13.2. The molecule has 10 N–H and O–H groups in total. The summed E-state index contributed by atoms with van der Waals surface area (Å²) < 4.78 is 18.1. The summed E-state index contributed by atoms with van der Waals surface area (Å²) in [6, 6.07) is 14.6. The molecule has 3 aromatic carbocycles. The van der Waals surface area contributed by atoms with Crippen LogP contribution < -0.4 is 52.7 Å². The Morgan fingerprint density at radius 1 is 0.896 bits per heavy atom. The molecule has 1 aromatic heterocycles. The highest BCUT2D eigenvalue weighted by atomic mass is 16.5. The van der Waals surface area contributed by atoms with Gasteiger partial charge in [0.05, 0.1) is 23.0 Å². The van der Waals surface area contributed by atoms with Gasteiger partial charge in [-0.2, -0.15) is 15.2 Å². The third-order valence-electron chi connectivity index (χ3n) is 11.0. The van der Waals surface area contributed by atoms with Crippen molar-refractivity contribution in [1.29, 1.82) is 5.26 Å². The highest BCUT2D eigenvalue weighted by Crippen LogP contribution is 2.40. The summed E-state index contributed by atoms with van der Waals surface area (Å²) in [5, 5.41) is 19.9. The fraction of sp³-hybridized carbons (Fsp3) is 0.417. The smallest absolute Gasteiger partial charge is 0.322 e. The molecule has 4 atom stereocenters. The number of fused-ring (bicyclic) bond motifs is 5. The summed E-state index contributed by atoms with van der Waals surface area (Å²) in [6.07, 6.45) is 3.10. The number of nitrogens with one attached hydrogen (secondary N) is 4. The van der Waals surface area contributed by atoms with Crippen LogP contribution in [0.4, 0.5) is 0 Å². The zero-order valence-corrected chi connectivity index (χ0v) is 38.6. The Balaban J connectivity index is 1.53. The van der Waals surface area contributed by atoms with E-state index in [1.807, 2.05) is 30.3 Å². The minimum absolute atomic E-state index is 0.00261. The zero-order chi connectivity index (χ0) is 48.6. The molecular weight excluding hydrogens is 859 g/mol. The van der Waals surface area contributed by atoms with Gasteiger partial charge in [0.15, 0.2) is 0 Å². The zero-order valence-electron chi connectivity index (χ0n) is 38.6. The maximum atomic E-state index is 14.7. The van der Waals surface area contributed by atoms with Gasteiger partial charge in [0, 0.05) is 37.7 Å². The molecule has 5 rings (SSSR count). The van der Waals surface area contributed by atoms with Crippen molar-refractivity contribution in [3.8, 4) is 40.5 Å². The van der Waals surface area contributed by atoms with Crippen LogP contribution in [0, 0.1) is 25.2 Å². The number of likely N-dealkylation sites (N-methyl/N-ethyl adjacent to an activating group) is 1. The first-order valence-electron chi connectivity index (χ1n) is 22.3. The molecule has 1 aliphatic heterocycles. The van der Waals surface area contributed by atoms with Crippen LogP contribution >= 0.6 is 0 Å². The summed E-state index contributed by atoms with van der Waals surface area (Å²) in [7, 11) is 1.41. The van der Waals surface area contributed by atoms with Crippen LogP contribution in [0.15, 0.2) is 60.7 Å². The number of carbonyl (C=O) groups is 5. The molecule has 0 fully saturated rings. The molecule has 0 radical (unpaired) electrons. The van der Waals surface area contributed by atoms with E-state index in [2.05, 4.69) is 38.2 Å². The molecule has 5 amide bonds. The number of aromatic nitrogens is 2. The molecule has 356 valence electrons. The lowest BCUT2D eigenvalue weighted by atomic mass is 9.93. The molecule has 0 saturated heterocycles. The second-order valence-electron chi connectivity index (χ2n) is 16.1. The van der Waals surface area contributed by atoms with E-state index in [0.717, 1.165) is 19.3 Å². The van der Waals surface area contributed by atoms with E-state index < -0.39 is 53.7 Å². The maximum absolute atomic E-state index is 14.7. The molecular formula is C48H61N11O8. The van der Waals surface area contributed by atoms with Gasteiger partial charge in [-0.05, 0) is 99.7 Å². The van der Waals surface area contributed by atoms with Crippen molar-refractivity contribution in [2.45, 2.75) is 84.0 Å². The fourth-order valence-electron chi connectivity index (χ4n) is 7.63. The molecule has 0 spiro atoms. The van der Waals surface area contributed by atoms with Gasteiger partial charge in [-0.1, -0.05) is 37.6 Å². The van der Waals surface area contributed by atoms with Gasteiger partial charge in [-0.15, -0.1) is 0 Å². The van der Waals surface area contributed by atoms with E-state index in [1.165, 1.54) is 24.4 Å². The van der Waals surface area contributed by atoms with Crippen LogP contribution in [0.25, 0.3) is 11.1 Å². The fourth-order valence-corrected chi connectivity index (χ4v) is 7.63. The van der Waals surface area contributed by atoms with Gasteiger partial charge in [0.25, 0.3) is 5.91 Å². The number of hydrogen-bond acceptors (Lipinski definition) is 14. The number of amides is 5. The average molecular weight is 920 g/mol. The van der Waals surface area contributed by atoms with Crippen molar-refractivity contribution >= 4 is 29.5 Å². The summed E-state index contributed by atoms with van der Waals surface area (Å²) in [4.78, 5) is 80.5. The predicted molar refractivity (Wildman–Crippen MR) is 250 cm³/mol. The van der Waals surface area contributed by atoms with E-state index in [-0.39, 0.29) is 63.8 Å². The Morgan fingerprint density at radius 2 is 1.54 bits per heavy atom. The van der Waals surface area contributed by atoms with Gasteiger partial charge in [-0.3, -0.25) is 24.0 Å². The number of nitriles is 1. The number of benzene rings is 3. The summed E-state index contributed by atoms with van der Waals surface area (Å²) in [5.41, 5.74) is 21.5. The van der Waals surface area contributed by atoms with E-state index in [9.17, 15) is 24.0 Å². The molecule has 0 saturated carbocycles. The van der Waals surface area contributed by atoms with Crippen molar-refractivity contribution in [3.63, 3.8) is 0 Å². The van der Waals surface area contributed by atoms with E-state index in [4.69, 9.17) is 36.7 Å². The monoisotopic (exact) mass is 919 g/mol. The third-order valence-corrected chi connectivity index (χ3v) is 11.0. The lowest BCUT2D eigenvalue weighted by Crippen LogP contribution is -2.56. The Hall–Kier alpha value is -7.14. The van der Waals surface area contributed by atoms with Crippen molar-refractivity contribution in [1.82, 2.24) is 36.1 Å². The molecule has 19 nitrogen and oxygen atoms in total. The van der Waals surface area contributed by atoms with Crippen LogP contribution in [0.1, 0.15) is 77.6 Å². The molecule has 19 heteroatoms. The SMILES string of the molecule is CCCCc1ccc(Oc2nc(C)c(C(=O)N[C@@H](CCN)C(=O)N(C)[C@@H]3C(=O)N[C@@H](C)C(=O)N[C@H](C(=O)NCC#N)Cc4ccc(OCCN)c(c4)-c4cc3ccc4OCCN)c(C)n2)cc1. The number of unbranched alkanes of at least 4 members (excludes halogenated alkanes) is 1. The molecule has 2 heterocycles. The van der Waals surface area contributed by atoms with Crippen LogP contribution in [0.5, 0.6) is 23.3 Å². The average Bonchev–Trinajstić information content (AvgIpc) is 3.30. The highest BCUT2D eigenvalue weighted by molar-refractivity contribution is 6.00. The molecule has 0 unspecified atom stereocenters. The number of hydrogen-bond donors (Lipinski definition) is 7. The standard InChI is InChI=1S/C48H61N11O8/c1-6-7-8-31-9-13-34(14-10-31)67-48-55-28(2)41(29(3)56-48)45(62)57-37(17-18-49)47(64)59(5)42-33-12-16-40(66-24-21-52)36(27-33)35-25-32(11-15-39(35)65-23-20-51)26-38(44(61)53-22-19-50)58-43(60)30(4)54-46(42)63/h9-16,25,27,30,37-38,42H,6-8,17-18,20-24,26,49,51-52H2,1-5H3,(H,53,61)(H,54,63)(H,57,62)(H,58,60)/t30-,37-,38-,42-/m0/s1. The molecule has 1 aliphatic rings. The Morgan fingerprint density at radius 3 is 2.15 bits per heavy atom. The Bertz CT molecular complexity index is 2420. The van der Waals surface area contributed by atoms with Crippen LogP contribution in [0.3, 0.4) is 0 Å². The molecule has 4 bridgehead atoms. The van der Waals surface area contributed by atoms with Gasteiger partial charge < -0.3 is 57.6 Å². The molecule has 67 heavy (non-hydrogen) atoms. The second kappa shape index (κ2) is 24.4. The first kappa shape index (κ1) is 50.9. The van der Waals surface area contributed by atoms with E-state index >= 15 is 0 Å². The molecule has 0 aliphatic carbocycles. The van der Waals surface area contributed by atoms with Gasteiger partial charge in [0.2, 0.25) is 23.6 Å². The summed E-state index contributed by atoms with van der Waals surface area (Å²) >= 11 is 0. The quantitative estimate of drug-likeness (QED) is 0.0666. The lowest BCUT2D eigenvalue weighted by molar-refractivity contribution is -0.141. The topological polar surface area (TPSA) is 292 Å². The lowest BCUT2D eigenvalue weighted by Gasteiger charge is -2.32. The van der Waals surface area contributed by atoms with Crippen LogP contribution in [0.2, 0.25) is 0 Å².